The lowest BCUT2D eigenvalue weighted by atomic mass is 9.94. The lowest BCUT2D eigenvalue weighted by Crippen LogP contribution is -2.13. The van der Waals surface area contributed by atoms with Crippen LogP contribution < -0.4 is 0 Å². The van der Waals surface area contributed by atoms with Crippen molar-refractivity contribution >= 4 is 21.4 Å². The Morgan fingerprint density at radius 2 is 2.06 bits per heavy atom. The van der Waals surface area contributed by atoms with E-state index in [1.807, 2.05) is 12.1 Å². The van der Waals surface area contributed by atoms with E-state index in [0.717, 1.165) is 19.3 Å². The molecule has 1 aliphatic carbocycles. The van der Waals surface area contributed by atoms with Gasteiger partial charge in [-0.25, -0.2) is 8.42 Å². The Hall–Kier alpha value is -0.540. The van der Waals surface area contributed by atoms with Gasteiger partial charge < -0.3 is 0 Å². The molecule has 0 N–H and O–H groups in total. The number of fused-ring (bicyclic) bond motifs is 1. The van der Waals surface area contributed by atoms with Gasteiger partial charge in [-0.2, -0.15) is 0 Å². The maximum absolute atomic E-state index is 11.3. The normalized spacial score (nSPS) is 24.3. The van der Waals surface area contributed by atoms with Crippen molar-refractivity contribution in [2.45, 2.75) is 31.1 Å². The Morgan fingerprint density at radius 1 is 1.33 bits per heavy atom. The molecule has 0 spiro atoms. The summed E-state index contributed by atoms with van der Waals surface area (Å²) in [6.07, 6.45) is 5.12. The van der Waals surface area contributed by atoms with Gasteiger partial charge in [0.1, 0.15) is 9.84 Å². The second kappa shape index (κ2) is 5.62. The summed E-state index contributed by atoms with van der Waals surface area (Å²) in [7, 11) is -2.89. The molecule has 0 saturated carbocycles. The Morgan fingerprint density at radius 3 is 2.78 bits per heavy atom. The molecule has 2 unspecified atom stereocenters. The average molecular weight is 287 g/mol. The zero-order valence-corrected chi connectivity index (χ0v) is 12.2. The third-order valence-electron chi connectivity index (χ3n) is 3.65. The van der Waals surface area contributed by atoms with E-state index < -0.39 is 9.84 Å². The van der Waals surface area contributed by atoms with Crippen LogP contribution in [0.1, 0.15) is 35.8 Å². The first-order chi connectivity index (χ1) is 8.47. The van der Waals surface area contributed by atoms with Crippen molar-refractivity contribution in [2.75, 3.05) is 12.0 Å². The van der Waals surface area contributed by atoms with Gasteiger partial charge in [-0.1, -0.05) is 24.3 Å². The molecule has 100 valence electrons. The molecule has 2 atom stereocenters. The van der Waals surface area contributed by atoms with Gasteiger partial charge in [-0.15, -0.1) is 11.6 Å². The second-order valence-corrected chi connectivity index (χ2v) is 7.90. The molecule has 0 radical (unpaired) electrons. The van der Waals surface area contributed by atoms with Crippen molar-refractivity contribution in [3.8, 4) is 0 Å². The molecule has 0 amide bonds. The molecule has 0 bridgehead atoms. The van der Waals surface area contributed by atoms with Crippen molar-refractivity contribution in [1.29, 1.82) is 0 Å². The molecule has 0 saturated heterocycles. The van der Waals surface area contributed by atoms with E-state index in [0.29, 0.717) is 6.42 Å². The fraction of sp³-hybridized carbons (Fsp3) is 0.571. The third kappa shape index (κ3) is 3.48. The van der Waals surface area contributed by atoms with Crippen LogP contribution in [-0.2, 0) is 16.3 Å². The Kier molecular flexibility index (Phi) is 4.33. The zero-order valence-electron chi connectivity index (χ0n) is 10.6. The summed E-state index contributed by atoms with van der Waals surface area (Å²) in [5.74, 6) is 0.508. The predicted octanol–water partition coefficient (Wildman–Crippen LogP) is 3.35. The summed E-state index contributed by atoms with van der Waals surface area (Å²) in [5, 5.41) is -0.0505. The highest BCUT2D eigenvalue weighted by Gasteiger charge is 2.26. The number of halogens is 1. The van der Waals surface area contributed by atoms with E-state index in [1.165, 1.54) is 17.4 Å². The summed E-state index contributed by atoms with van der Waals surface area (Å²) < 4.78 is 22.5. The Labute approximate surface area is 114 Å². The molecule has 0 aliphatic heterocycles. The topological polar surface area (TPSA) is 34.1 Å². The van der Waals surface area contributed by atoms with Crippen LogP contribution >= 0.6 is 11.6 Å². The first-order valence-corrected chi connectivity index (χ1v) is 8.86. The standard InChI is InChI=1S/C14H19ClO2S/c1-18(16,17)10-9-12-7-4-6-11-5-2-3-8-13(11)14(12)15/h2-3,5,8,12,14H,4,6-7,9-10H2,1H3. The molecule has 1 aromatic rings. The SMILES string of the molecule is CS(=O)(=O)CCC1CCCc2ccccc2C1Cl. The number of hydrogen-bond acceptors (Lipinski definition) is 2. The Balaban J connectivity index is 2.15. The van der Waals surface area contributed by atoms with Gasteiger partial charge in [-0.3, -0.25) is 0 Å². The highest BCUT2D eigenvalue weighted by molar-refractivity contribution is 7.90. The first kappa shape index (κ1) is 13.9. The summed E-state index contributed by atoms with van der Waals surface area (Å²) in [6.45, 7) is 0. The van der Waals surface area contributed by atoms with Crippen LogP contribution in [0.5, 0.6) is 0 Å². The number of sulfone groups is 1. The van der Waals surface area contributed by atoms with Crippen LogP contribution in [0.2, 0.25) is 0 Å². The number of aryl methyl sites for hydroxylation is 1. The third-order valence-corrected chi connectivity index (χ3v) is 5.22. The monoisotopic (exact) mass is 286 g/mol. The number of rotatable bonds is 3. The molecule has 2 rings (SSSR count). The summed E-state index contributed by atoms with van der Waals surface area (Å²) in [6, 6.07) is 8.25. The van der Waals surface area contributed by atoms with Crippen molar-refractivity contribution in [3.05, 3.63) is 35.4 Å². The minimum Gasteiger partial charge on any atom is -0.229 e. The fourth-order valence-electron chi connectivity index (χ4n) is 2.64. The van der Waals surface area contributed by atoms with Crippen molar-refractivity contribution < 1.29 is 8.42 Å². The highest BCUT2D eigenvalue weighted by atomic mass is 35.5. The van der Waals surface area contributed by atoms with E-state index in [9.17, 15) is 8.42 Å². The predicted molar refractivity (Wildman–Crippen MR) is 75.8 cm³/mol. The summed E-state index contributed by atoms with van der Waals surface area (Å²) >= 11 is 6.55. The van der Waals surface area contributed by atoms with Crippen LogP contribution in [-0.4, -0.2) is 20.4 Å². The molecule has 4 heteroatoms. The molecule has 0 heterocycles. The van der Waals surface area contributed by atoms with Crippen LogP contribution in [0, 0.1) is 5.92 Å². The van der Waals surface area contributed by atoms with Gasteiger partial charge in [0.15, 0.2) is 0 Å². The van der Waals surface area contributed by atoms with Gasteiger partial charge in [0.05, 0.1) is 11.1 Å². The van der Waals surface area contributed by atoms with E-state index >= 15 is 0 Å². The zero-order chi connectivity index (χ0) is 13.2. The maximum atomic E-state index is 11.3. The van der Waals surface area contributed by atoms with Crippen molar-refractivity contribution in [1.82, 2.24) is 0 Å². The molecule has 0 fully saturated rings. The maximum Gasteiger partial charge on any atom is 0.147 e. The molecule has 18 heavy (non-hydrogen) atoms. The fourth-order valence-corrected chi connectivity index (χ4v) is 3.84. The molecular formula is C14H19ClO2S. The lowest BCUT2D eigenvalue weighted by Gasteiger charge is -2.20. The molecular weight excluding hydrogens is 268 g/mol. The molecule has 2 nitrogen and oxygen atoms in total. The van der Waals surface area contributed by atoms with E-state index in [2.05, 4.69) is 12.1 Å². The minimum absolute atomic E-state index is 0.0505. The minimum atomic E-state index is -2.89. The highest BCUT2D eigenvalue weighted by Crippen LogP contribution is 2.39. The Bertz CT molecular complexity index is 510. The first-order valence-electron chi connectivity index (χ1n) is 6.37. The van der Waals surface area contributed by atoms with Crippen LogP contribution in [0.25, 0.3) is 0 Å². The van der Waals surface area contributed by atoms with Gasteiger partial charge >= 0.3 is 0 Å². The molecule has 1 aliphatic rings. The number of benzene rings is 1. The summed E-state index contributed by atoms with van der Waals surface area (Å²) in [4.78, 5) is 0. The van der Waals surface area contributed by atoms with Gasteiger partial charge in [0, 0.05) is 6.26 Å². The average Bonchev–Trinajstić information content (AvgIpc) is 2.46. The van der Waals surface area contributed by atoms with E-state index in [4.69, 9.17) is 11.6 Å². The van der Waals surface area contributed by atoms with Gasteiger partial charge in [-0.05, 0) is 42.7 Å². The number of hydrogen-bond donors (Lipinski definition) is 0. The smallest absolute Gasteiger partial charge is 0.147 e. The summed E-state index contributed by atoms with van der Waals surface area (Å²) in [5.41, 5.74) is 2.51. The van der Waals surface area contributed by atoms with Crippen molar-refractivity contribution in [3.63, 3.8) is 0 Å². The van der Waals surface area contributed by atoms with Crippen LogP contribution in [0.4, 0.5) is 0 Å². The van der Waals surface area contributed by atoms with E-state index in [1.54, 1.807) is 0 Å². The van der Waals surface area contributed by atoms with Crippen LogP contribution in [0.15, 0.2) is 24.3 Å². The largest absolute Gasteiger partial charge is 0.229 e. The molecule has 0 aromatic heterocycles. The van der Waals surface area contributed by atoms with Gasteiger partial charge in [0.2, 0.25) is 0 Å². The molecule has 1 aromatic carbocycles. The van der Waals surface area contributed by atoms with Gasteiger partial charge in [0.25, 0.3) is 0 Å². The van der Waals surface area contributed by atoms with E-state index in [-0.39, 0.29) is 17.0 Å². The second-order valence-electron chi connectivity index (χ2n) is 5.17. The lowest BCUT2D eigenvalue weighted by molar-refractivity contribution is 0.452. The quantitative estimate of drug-likeness (QED) is 0.631. The van der Waals surface area contributed by atoms with Crippen molar-refractivity contribution in [2.24, 2.45) is 5.92 Å². The van der Waals surface area contributed by atoms with Crippen LogP contribution in [0.3, 0.4) is 0 Å². The number of alkyl halides is 1.